The standard InChI is InChI=1S/C11H23NO5/c1-4-7(13)10(11(16)17)12(8(14)5-2)9(15)6-3/h7-10,13-15H,4-6H2,1-3H3,(H,16,17). The molecule has 0 rings (SSSR count). The molecule has 0 fully saturated rings. The minimum absolute atomic E-state index is 0.236. The number of aliphatic hydroxyl groups is 3. The van der Waals surface area contributed by atoms with E-state index in [4.69, 9.17) is 5.11 Å². The minimum atomic E-state index is -1.30. The van der Waals surface area contributed by atoms with Gasteiger partial charge in [-0.3, -0.25) is 4.79 Å². The minimum Gasteiger partial charge on any atom is -0.480 e. The molecule has 0 aliphatic rings. The van der Waals surface area contributed by atoms with Gasteiger partial charge in [0.25, 0.3) is 0 Å². The lowest BCUT2D eigenvalue weighted by molar-refractivity contribution is -0.177. The second-order valence-electron chi connectivity index (χ2n) is 3.98. The molecule has 0 aromatic heterocycles. The molecule has 0 saturated carbocycles. The van der Waals surface area contributed by atoms with E-state index in [1.807, 2.05) is 0 Å². The number of aliphatic hydroxyl groups excluding tert-OH is 3. The van der Waals surface area contributed by atoms with Crippen LogP contribution in [0.4, 0.5) is 0 Å². The molecule has 0 bridgehead atoms. The molecule has 0 aromatic carbocycles. The summed E-state index contributed by atoms with van der Waals surface area (Å²) in [6.45, 7) is 5.00. The number of carboxylic acids is 1. The number of rotatable bonds is 8. The smallest absolute Gasteiger partial charge is 0.323 e. The lowest BCUT2D eigenvalue weighted by Crippen LogP contribution is -2.57. The zero-order valence-electron chi connectivity index (χ0n) is 10.6. The van der Waals surface area contributed by atoms with E-state index in [2.05, 4.69) is 0 Å². The summed E-state index contributed by atoms with van der Waals surface area (Å²) in [5, 5.41) is 38.4. The molecule has 0 amide bonds. The third-order valence-electron chi connectivity index (χ3n) is 2.78. The zero-order chi connectivity index (χ0) is 13.6. The molecule has 6 heteroatoms. The highest BCUT2D eigenvalue weighted by atomic mass is 16.4. The Morgan fingerprint density at radius 1 is 1.00 bits per heavy atom. The predicted octanol–water partition coefficient (Wildman–Crippen LogP) is -0.0307. The number of carbonyl (C=O) groups is 1. The molecule has 0 spiro atoms. The Hall–Kier alpha value is -0.690. The van der Waals surface area contributed by atoms with Crippen LogP contribution in [0.1, 0.15) is 40.0 Å². The second-order valence-corrected chi connectivity index (χ2v) is 3.98. The molecule has 4 N–H and O–H groups in total. The van der Waals surface area contributed by atoms with E-state index in [1.54, 1.807) is 20.8 Å². The summed E-state index contributed by atoms with van der Waals surface area (Å²) in [5.41, 5.74) is 0. The van der Waals surface area contributed by atoms with Gasteiger partial charge in [0, 0.05) is 0 Å². The fourth-order valence-electron chi connectivity index (χ4n) is 1.71. The van der Waals surface area contributed by atoms with Gasteiger partial charge < -0.3 is 20.4 Å². The van der Waals surface area contributed by atoms with Crippen LogP contribution in [0.5, 0.6) is 0 Å². The maximum Gasteiger partial charge on any atom is 0.323 e. The van der Waals surface area contributed by atoms with Gasteiger partial charge in [0.2, 0.25) is 0 Å². The molecule has 0 aliphatic carbocycles. The summed E-state index contributed by atoms with van der Waals surface area (Å²) in [5.74, 6) is -1.25. The van der Waals surface area contributed by atoms with Crippen LogP contribution in [0.2, 0.25) is 0 Å². The topological polar surface area (TPSA) is 101 Å². The normalized spacial score (nSPS) is 18.8. The molecule has 4 unspecified atom stereocenters. The number of aliphatic carboxylic acids is 1. The Morgan fingerprint density at radius 2 is 1.41 bits per heavy atom. The van der Waals surface area contributed by atoms with Crippen molar-refractivity contribution in [2.45, 2.75) is 64.6 Å². The Balaban J connectivity index is 5.13. The SMILES string of the molecule is CCC(O)C(C(=O)O)N(C(O)CC)C(O)CC. The monoisotopic (exact) mass is 249 g/mol. The summed E-state index contributed by atoms with van der Waals surface area (Å²) in [7, 11) is 0. The second kappa shape index (κ2) is 7.60. The summed E-state index contributed by atoms with van der Waals surface area (Å²) in [6, 6.07) is -1.30. The molecule has 4 atom stereocenters. The van der Waals surface area contributed by atoms with Crippen molar-refractivity contribution in [1.29, 1.82) is 0 Å². The van der Waals surface area contributed by atoms with Crippen molar-refractivity contribution in [3.05, 3.63) is 0 Å². The largest absolute Gasteiger partial charge is 0.480 e. The molecule has 0 aromatic rings. The van der Waals surface area contributed by atoms with E-state index in [9.17, 15) is 20.1 Å². The molecule has 0 radical (unpaired) electrons. The van der Waals surface area contributed by atoms with E-state index >= 15 is 0 Å². The van der Waals surface area contributed by atoms with Crippen LogP contribution in [0.25, 0.3) is 0 Å². The van der Waals surface area contributed by atoms with Gasteiger partial charge in [-0.1, -0.05) is 20.8 Å². The highest BCUT2D eigenvalue weighted by Crippen LogP contribution is 2.17. The highest BCUT2D eigenvalue weighted by Gasteiger charge is 2.38. The summed E-state index contributed by atoms with van der Waals surface area (Å²) >= 11 is 0. The van der Waals surface area contributed by atoms with Gasteiger partial charge in [-0.15, -0.1) is 0 Å². The first-order valence-electron chi connectivity index (χ1n) is 5.94. The number of hydrogen-bond acceptors (Lipinski definition) is 5. The predicted molar refractivity (Wildman–Crippen MR) is 62.2 cm³/mol. The third kappa shape index (κ3) is 4.23. The molecule has 17 heavy (non-hydrogen) atoms. The quantitative estimate of drug-likeness (QED) is 0.451. The van der Waals surface area contributed by atoms with Gasteiger partial charge in [-0.2, -0.15) is 0 Å². The first kappa shape index (κ1) is 16.3. The zero-order valence-corrected chi connectivity index (χ0v) is 10.6. The first-order chi connectivity index (χ1) is 7.90. The third-order valence-corrected chi connectivity index (χ3v) is 2.78. The van der Waals surface area contributed by atoms with Crippen LogP contribution in [-0.4, -0.2) is 55.9 Å². The van der Waals surface area contributed by atoms with Gasteiger partial charge in [0.15, 0.2) is 0 Å². The van der Waals surface area contributed by atoms with Crippen LogP contribution in [0.3, 0.4) is 0 Å². The molecule has 0 saturated heterocycles. The average molecular weight is 249 g/mol. The van der Waals surface area contributed by atoms with Crippen molar-refractivity contribution >= 4 is 5.97 Å². The van der Waals surface area contributed by atoms with Crippen molar-refractivity contribution in [3.63, 3.8) is 0 Å². The fraction of sp³-hybridized carbons (Fsp3) is 0.909. The van der Waals surface area contributed by atoms with Gasteiger partial charge in [-0.25, -0.2) is 4.90 Å². The van der Waals surface area contributed by atoms with E-state index < -0.39 is 30.6 Å². The Morgan fingerprint density at radius 3 is 1.65 bits per heavy atom. The molecular formula is C11H23NO5. The summed E-state index contributed by atoms with van der Waals surface area (Å²) in [4.78, 5) is 12.2. The van der Waals surface area contributed by atoms with E-state index in [0.29, 0.717) is 0 Å². The van der Waals surface area contributed by atoms with E-state index in [-0.39, 0.29) is 19.3 Å². The first-order valence-corrected chi connectivity index (χ1v) is 5.94. The van der Waals surface area contributed by atoms with Crippen molar-refractivity contribution in [2.24, 2.45) is 0 Å². The van der Waals surface area contributed by atoms with Crippen molar-refractivity contribution in [2.75, 3.05) is 0 Å². The van der Waals surface area contributed by atoms with Gasteiger partial charge in [0.1, 0.15) is 18.5 Å². The van der Waals surface area contributed by atoms with Crippen molar-refractivity contribution in [1.82, 2.24) is 4.90 Å². The van der Waals surface area contributed by atoms with Crippen LogP contribution in [0, 0.1) is 0 Å². The number of nitrogens with zero attached hydrogens (tertiary/aromatic N) is 1. The lowest BCUT2D eigenvalue weighted by atomic mass is 10.1. The summed E-state index contributed by atoms with van der Waals surface area (Å²) < 4.78 is 0. The van der Waals surface area contributed by atoms with E-state index in [1.165, 1.54) is 0 Å². The summed E-state index contributed by atoms with van der Waals surface area (Å²) in [6.07, 6.45) is -2.52. The van der Waals surface area contributed by atoms with Crippen LogP contribution >= 0.6 is 0 Å². The highest BCUT2D eigenvalue weighted by molar-refractivity contribution is 5.74. The molecule has 6 nitrogen and oxygen atoms in total. The Bertz CT molecular complexity index is 226. The maximum absolute atomic E-state index is 11.2. The Labute approximate surface area is 101 Å². The van der Waals surface area contributed by atoms with Gasteiger partial charge in [0.05, 0.1) is 6.10 Å². The average Bonchev–Trinajstić information content (AvgIpc) is 2.32. The molecule has 0 heterocycles. The van der Waals surface area contributed by atoms with E-state index in [0.717, 1.165) is 4.90 Å². The van der Waals surface area contributed by atoms with Crippen LogP contribution < -0.4 is 0 Å². The Kier molecular flexibility index (Phi) is 7.29. The van der Waals surface area contributed by atoms with Crippen LogP contribution in [-0.2, 0) is 4.79 Å². The van der Waals surface area contributed by atoms with Gasteiger partial charge >= 0.3 is 5.97 Å². The number of hydrogen-bond donors (Lipinski definition) is 4. The van der Waals surface area contributed by atoms with Gasteiger partial charge in [-0.05, 0) is 19.3 Å². The molecule has 102 valence electrons. The molecular weight excluding hydrogens is 226 g/mol. The lowest BCUT2D eigenvalue weighted by Gasteiger charge is -2.37. The van der Waals surface area contributed by atoms with Crippen LogP contribution in [0.15, 0.2) is 0 Å². The van der Waals surface area contributed by atoms with Crippen molar-refractivity contribution in [3.8, 4) is 0 Å². The maximum atomic E-state index is 11.2. The van der Waals surface area contributed by atoms with Crippen molar-refractivity contribution < 1.29 is 25.2 Å². The number of carboxylic acid groups (broad SMARTS) is 1. The fourth-order valence-corrected chi connectivity index (χ4v) is 1.71. The molecule has 0 aliphatic heterocycles.